The minimum absolute atomic E-state index is 0.0582. The summed E-state index contributed by atoms with van der Waals surface area (Å²) in [6.07, 6.45) is 8.19. The van der Waals surface area contributed by atoms with Crippen LogP contribution >= 0.6 is 0 Å². The van der Waals surface area contributed by atoms with Crippen LogP contribution in [0.1, 0.15) is 68.3 Å². The molecule has 2 aromatic rings. The molecule has 2 unspecified atom stereocenters. The van der Waals surface area contributed by atoms with Crippen LogP contribution in [0.25, 0.3) is 0 Å². The van der Waals surface area contributed by atoms with Crippen molar-refractivity contribution in [2.24, 2.45) is 17.6 Å². The van der Waals surface area contributed by atoms with Crippen molar-refractivity contribution in [3.05, 3.63) is 65.5 Å². The van der Waals surface area contributed by atoms with E-state index in [-0.39, 0.29) is 17.9 Å². The largest absolute Gasteiger partial charge is 0.349 e. The van der Waals surface area contributed by atoms with Gasteiger partial charge in [-0.15, -0.1) is 0 Å². The second kappa shape index (κ2) is 15.5. The van der Waals surface area contributed by atoms with E-state index in [1.165, 1.54) is 17.5 Å². The molecule has 0 spiro atoms. The number of rotatable bonds is 14. The second-order valence-corrected chi connectivity index (χ2v) is 11.8. The molecule has 7 heteroatoms. The van der Waals surface area contributed by atoms with Gasteiger partial charge in [0.1, 0.15) is 0 Å². The lowest BCUT2D eigenvalue weighted by molar-refractivity contribution is -0.125. The van der Waals surface area contributed by atoms with Crippen molar-refractivity contribution < 1.29 is 4.79 Å². The van der Waals surface area contributed by atoms with Gasteiger partial charge < -0.3 is 21.3 Å². The number of carbonyl (C=O) groups is 1. The average molecular weight is 535 g/mol. The summed E-state index contributed by atoms with van der Waals surface area (Å²) >= 11 is 0. The van der Waals surface area contributed by atoms with E-state index in [9.17, 15) is 4.79 Å². The third-order valence-electron chi connectivity index (χ3n) is 8.56. The van der Waals surface area contributed by atoms with Gasteiger partial charge in [-0.3, -0.25) is 14.7 Å². The van der Waals surface area contributed by atoms with E-state index < -0.39 is 0 Å². The summed E-state index contributed by atoms with van der Waals surface area (Å²) in [7, 11) is 0. The molecule has 1 aromatic heterocycles. The van der Waals surface area contributed by atoms with Crippen molar-refractivity contribution >= 4 is 5.91 Å². The Labute approximate surface area is 235 Å². The number of carbonyl (C=O) groups excluding carboxylic acids is 1. The van der Waals surface area contributed by atoms with Crippen molar-refractivity contribution in [1.29, 1.82) is 0 Å². The van der Waals surface area contributed by atoms with Crippen LogP contribution in [-0.4, -0.2) is 72.5 Å². The van der Waals surface area contributed by atoms with E-state index in [0.717, 1.165) is 90.2 Å². The maximum Gasteiger partial charge on any atom is 0.223 e. The third-order valence-corrected chi connectivity index (χ3v) is 8.56. The molecule has 2 fully saturated rings. The first-order chi connectivity index (χ1) is 19.0. The number of hydrogen-bond donors (Lipinski definition) is 3. The van der Waals surface area contributed by atoms with Crippen molar-refractivity contribution in [3.8, 4) is 0 Å². The Kier molecular flexibility index (Phi) is 11.8. The number of piperazine rings is 1. The Morgan fingerprint density at radius 1 is 1.21 bits per heavy atom. The number of aromatic nitrogens is 1. The molecular weight excluding hydrogens is 484 g/mol. The molecule has 0 radical (unpaired) electrons. The Bertz CT molecular complexity index is 1000. The number of nitrogens with two attached hydrogens (primary N) is 1. The molecule has 1 saturated heterocycles. The summed E-state index contributed by atoms with van der Waals surface area (Å²) in [6, 6.07) is 15.1. The first-order valence-electron chi connectivity index (χ1n) is 15.2. The molecule has 39 heavy (non-hydrogen) atoms. The number of aryl methyl sites for hydroxylation is 1. The highest BCUT2D eigenvalue weighted by Crippen LogP contribution is 2.31. The summed E-state index contributed by atoms with van der Waals surface area (Å²) in [5.74, 6) is 1.07. The van der Waals surface area contributed by atoms with Gasteiger partial charge in [-0.2, -0.15) is 0 Å². The highest BCUT2D eigenvalue weighted by atomic mass is 16.1. The molecule has 4 atom stereocenters. The molecular formula is C32H50N6O. The van der Waals surface area contributed by atoms with Crippen LogP contribution in [0.15, 0.2) is 48.7 Å². The van der Waals surface area contributed by atoms with Crippen molar-refractivity contribution in [1.82, 2.24) is 25.4 Å². The number of amides is 1. The lowest BCUT2D eigenvalue weighted by Gasteiger charge is -2.37. The molecule has 2 aliphatic rings. The molecule has 4 N–H and O–H groups in total. The third kappa shape index (κ3) is 9.38. The number of benzene rings is 1. The molecule has 1 aliphatic heterocycles. The molecule has 214 valence electrons. The van der Waals surface area contributed by atoms with Crippen molar-refractivity contribution in [2.75, 3.05) is 45.8 Å². The van der Waals surface area contributed by atoms with E-state index >= 15 is 0 Å². The number of nitrogens with zero attached hydrogens (tertiary/aromatic N) is 3. The summed E-state index contributed by atoms with van der Waals surface area (Å²) in [4.78, 5) is 22.9. The molecule has 1 saturated carbocycles. The standard InChI is InChI=1S/C32H50N6O/c1-25-12-13-28(21-25)32(39)36-30(27-10-4-3-5-11-27)14-19-37-20-17-34-29(22-37)23-38(18-7-6-15-33)24-31-26(2)9-8-16-35-31/h3-5,8-11,16,25,28-30,34H,6-7,12-15,17-24,33H2,1-2H3,(H,36,39)/t25?,28?,29-,30-/m0/s1. The second-order valence-electron chi connectivity index (χ2n) is 11.8. The predicted molar refractivity (Wildman–Crippen MR) is 159 cm³/mol. The molecule has 1 aliphatic carbocycles. The van der Waals surface area contributed by atoms with Gasteiger partial charge in [0.05, 0.1) is 11.7 Å². The molecule has 1 aromatic carbocycles. The van der Waals surface area contributed by atoms with Crippen molar-refractivity contribution in [3.63, 3.8) is 0 Å². The monoisotopic (exact) mass is 534 g/mol. The smallest absolute Gasteiger partial charge is 0.223 e. The molecule has 0 bridgehead atoms. The fourth-order valence-electron chi connectivity index (χ4n) is 6.20. The van der Waals surface area contributed by atoms with Crippen molar-refractivity contribution in [2.45, 2.75) is 71.0 Å². The van der Waals surface area contributed by atoms with Gasteiger partial charge in [-0.1, -0.05) is 43.3 Å². The van der Waals surface area contributed by atoms with Gasteiger partial charge in [-0.25, -0.2) is 0 Å². The quantitative estimate of drug-likeness (QED) is 0.319. The first kappa shape index (κ1) is 29.7. The van der Waals surface area contributed by atoms with Crippen LogP contribution in [-0.2, 0) is 11.3 Å². The first-order valence-corrected chi connectivity index (χ1v) is 15.2. The van der Waals surface area contributed by atoms with Gasteiger partial charge in [0.25, 0.3) is 0 Å². The zero-order valence-corrected chi connectivity index (χ0v) is 24.2. The van der Waals surface area contributed by atoms with E-state index in [0.29, 0.717) is 12.0 Å². The summed E-state index contributed by atoms with van der Waals surface area (Å²) in [6.45, 7) is 12.1. The highest BCUT2D eigenvalue weighted by Gasteiger charge is 2.29. The molecule has 1 amide bonds. The summed E-state index contributed by atoms with van der Waals surface area (Å²) < 4.78 is 0. The Hall–Kier alpha value is -2.32. The number of nitrogens with one attached hydrogen (secondary N) is 2. The summed E-state index contributed by atoms with van der Waals surface area (Å²) in [5.41, 5.74) is 9.41. The normalized spacial score (nSPS) is 22.7. The number of pyridine rings is 1. The fraction of sp³-hybridized carbons (Fsp3) is 0.625. The van der Waals surface area contributed by atoms with E-state index in [2.05, 4.69) is 69.6 Å². The number of unbranched alkanes of at least 4 members (excludes halogenated alkanes) is 1. The van der Waals surface area contributed by atoms with Crippen LogP contribution in [0.4, 0.5) is 0 Å². The fourth-order valence-corrected chi connectivity index (χ4v) is 6.20. The van der Waals surface area contributed by atoms with Crippen LogP contribution in [0, 0.1) is 18.8 Å². The van der Waals surface area contributed by atoms with E-state index in [4.69, 9.17) is 5.73 Å². The zero-order chi connectivity index (χ0) is 27.5. The predicted octanol–water partition coefficient (Wildman–Crippen LogP) is 3.89. The molecule has 4 rings (SSSR count). The zero-order valence-electron chi connectivity index (χ0n) is 24.2. The van der Waals surface area contributed by atoms with Crippen LogP contribution in [0.3, 0.4) is 0 Å². The Morgan fingerprint density at radius 3 is 2.79 bits per heavy atom. The summed E-state index contributed by atoms with van der Waals surface area (Å²) in [5, 5.41) is 7.20. The van der Waals surface area contributed by atoms with Gasteiger partial charge in [0.2, 0.25) is 5.91 Å². The van der Waals surface area contributed by atoms with Crippen LogP contribution in [0.5, 0.6) is 0 Å². The van der Waals surface area contributed by atoms with Gasteiger partial charge in [0.15, 0.2) is 0 Å². The van der Waals surface area contributed by atoms with Crippen LogP contribution < -0.4 is 16.4 Å². The Morgan fingerprint density at radius 2 is 2.05 bits per heavy atom. The molecule has 2 heterocycles. The van der Waals surface area contributed by atoms with E-state index in [1.807, 2.05) is 18.3 Å². The highest BCUT2D eigenvalue weighted by molar-refractivity contribution is 5.79. The average Bonchev–Trinajstić information content (AvgIpc) is 3.39. The lowest BCUT2D eigenvalue weighted by atomic mass is 10.00. The maximum atomic E-state index is 13.1. The topological polar surface area (TPSA) is 86.5 Å². The minimum Gasteiger partial charge on any atom is -0.349 e. The lowest BCUT2D eigenvalue weighted by Crippen LogP contribution is -2.55. The minimum atomic E-state index is 0.0582. The van der Waals surface area contributed by atoms with Gasteiger partial charge in [-0.05, 0) is 81.6 Å². The van der Waals surface area contributed by atoms with Gasteiger partial charge >= 0.3 is 0 Å². The SMILES string of the molecule is Cc1cccnc1CN(CCCCN)C[C@@H]1CN(CC[C@H](NC(=O)C2CCC(C)C2)c2ccccc2)CCN1. The van der Waals surface area contributed by atoms with Gasteiger partial charge in [0, 0.05) is 57.4 Å². The number of hydrogen-bond acceptors (Lipinski definition) is 6. The van der Waals surface area contributed by atoms with Crippen LogP contribution in [0.2, 0.25) is 0 Å². The maximum absolute atomic E-state index is 13.1. The van der Waals surface area contributed by atoms with E-state index in [1.54, 1.807) is 0 Å². The Balaban J connectivity index is 1.33. The molecule has 7 nitrogen and oxygen atoms in total.